The molecule has 0 aromatic heterocycles. The van der Waals surface area contributed by atoms with E-state index >= 15 is 0 Å². The van der Waals surface area contributed by atoms with Gasteiger partial charge in [0.25, 0.3) is 0 Å². The van der Waals surface area contributed by atoms with Crippen molar-refractivity contribution < 1.29 is 22.7 Å². The van der Waals surface area contributed by atoms with Gasteiger partial charge in [-0.05, 0) is 26.3 Å². The lowest BCUT2D eigenvalue weighted by molar-refractivity contribution is -0.145. The predicted octanol–water partition coefficient (Wildman–Crippen LogP) is 0.824. The first kappa shape index (κ1) is 14.2. The average molecular weight is 254 g/mol. The van der Waals surface area contributed by atoms with Crippen LogP contribution in [0.25, 0.3) is 0 Å². The summed E-state index contributed by atoms with van der Waals surface area (Å²) in [6.07, 6.45) is -2.65. The number of amides is 1. The number of halogens is 3. The standard InChI is InChI=1S/C10H17F3N2O2/c1-9(3-2-4-14-6-9)17-5-8(16)15-7-10(11,12)13/h14H,2-7H2,1H3,(H,15,16). The van der Waals surface area contributed by atoms with E-state index in [0.29, 0.717) is 6.54 Å². The monoisotopic (exact) mass is 254 g/mol. The van der Waals surface area contributed by atoms with Gasteiger partial charge >= 0.3 is 6.18 Å². The van der Waals surface area contributed by atoms with Gasteiger partial charge in [0.05, 0.1) is 5.60 Å². The van der Waals surface area contributed by atoms with Crippen LogP contribution in [0.5, 0.6) is 0 Å². The molecule has 1 unspecified atom stereocenters. The molecule has 1 aliphatic heterocycles. The molecule has 17 heavy (non-hydrogen) atoms. The highest BCUT2D eigenvalue weighted by atomic mass is 19.4. The van der Waals surface area contributed by atoms with Crippen LogP contribution in [0.2, 0.25) is 0 Å². The molecule has 0 saturated carbocycles. The van der Waals surface area contributed by atoms with Gasteiger partial charge in [0.15, 0.2) is 0 Å². The molecule has 1 rings (SSSR count). The molecule has 0 spiro atoms. The molecule has 7 heteroatoms. The summed E-state index contributed by atoms with van der Waals surface area (Å²) in [6.45, 7) is 1.70. The molecule has 1 fully saturated rings. The highest BCUT2D eigenvalue weighted by Crippen LogP contribution is 2.19. The lowest BCUT2D eigenvalue weighted by atomic mass is 9.96. The van der Waals surface area contributed by atoms with E-state index in [0.717, 1.165) is 19.4 Å². The van der Waals surface area contributed by atoms with Gasteiger partial charge in [0.2, 0.25) is 5.91 Å². The minimum Gasteiger partial charge on any atom is -0.364 e. The van der Waals surface area contributed by atoms with Gasteiger partial charge in [-0.1, -0.05) is 0 Å². The summed E-state index contributed by atoms with van der Waals surface area (Å²) in [7, 11) is 0. The zero-order chi connectivity index (χ0) is 12.9. The smallest absolute Gasteiger partial charge is 0.364 e. The van der Waals surface area contributed by atoms with Crippen LogP contribution in [0.15, 0.2) is 0 Å². The summed E-state index contributed by atoms with van der Waals surface area (Å²) in [5.41, 5.74) is -0.464. The molecule has 2 N–H and O–H groups in total. The number of rotatable bonds is 4. The summed E-state index contributed by atoms with van der Waals surface area (Å²) in [5, 5.41) is 4.89. The molecule has 1 heterocycles. The summed E-state index contributed by atoms with van der Waals surface area (Å²) in [6, 6.07) is 0. The highest BCUT2D eigenvalue weighted by molar-refractivity contribution is 5.77. The van der Waals surface area contributed by atoms with Crippen molar-refractivity contribution in [2.75, 3.05) is 26.2 Å². The topological polar surface area (TPSA) is 50.4 Å². The van der Waals surface area contributed by atoms with E-state index < -0.39 is 24.2 Å². The Kier molecular flexibility index (Phi) is 4.76. The predicted molar refractivity (Wildman–Crippen MR) is 55.5 cm³/mol. The van der Waals surface area contributed by atoms with Crippen LogP contribution in [0.1, 0.15) is 19.8 Å². The molecular weight excluding hydrogens is 237 g/mol. The van der Waals surface area contributed by atoms with Gasteiger partial charge in [-0.25, -0.2) is 0 Å². The Bertz CT molecular complexity index is 263. The molecule has 0 aromatic carbocycles. The molecular formula is C10H17F3N2O2. The number of hydrogen-bond donors (Lipinski definition) is 2. The number of nitrogens with one attached hydrogen (secondary N) is 2. The Balaban J connectivity index is 2.23. The maximum absolute atomic E-state index is 11.8. The Morgan fingerprint density at radius 1 is 1.53 bits per heavy atom. The molecule has 0 radical (unpaired) electrons. The van der Waals surface area contributed by atoms with Crippen LogP contribution in [0, 0.1) is 0 Å². The molecule has 1 amide bonds. The van der Waals surface area contributed by atoms with E-state index in [1.54, 1.807) is 5.32 Å². The van der Waals surface area contributed by atoms with Crippen LogP contribution in [0.3, 0.4) is 0 Å². The van der Waals surface area contributed by atoms with Gasteiger partial charge in [-0.15, -0.1) is 0 Å². The van der Waals surface area contributed by atoms with Crippen LogP contribution in [-0.4, -0.2) is 43.9 Å². The zero-order valence-corrected chi connectivity index (χ0v) is 9.69. The second-order valence-corrected chi connectivity index (χ2v) is 4.41. The quantitative estimate of drug-likeness (QED) is 0.781. The van der Waals surface area contributed by atoms with Crippen LogP contribution >= 0.6 is 0 Å². The zero-order valence-electron chi connectivity index (χ0n) is 9.69. The number of alkyl halides is 3. The Labute approximate surface area is 97.9 Å². The van der Waals surface area contributed by atoms with E-state index in [4.69, 9.17) is 4.74 Å². The fourth-order valence-electron chi connectivity index (χ4n) is 1.64. The summed E-state index contributed by atoms with van der Waals surface area (Å²) >= 11 is 0. The normalized spacial score (nSPS) is 25.6. The van der Waals surface area contributed by atoms with Gasteiger partial charge in [-0.3, -0.25) is 4.79 Å². The highest BCUT2D eigenvalue weighted by Gasteiger charge is 2.30. The first-order valence-corrected chi connectivity index (χ1v) is 5.49. The molecule has 4 nitrogen and oxygen atoms in total. The van der Waals surface area contributed by atoms with Crippen molar-refractivity contribution in [1.29, 1.82) is 0 Å². The van der Waals surface area contributed by atoms with Crippen molar-refractivity contribution in [1.82, 2.24) is 10.6 Å². The van der Waals surface area contributed by atoms with Crippen molar-refractivity contribution in [2.45, 2.75) is 31.5 Å². The van der Waals surface area contributed by atoms with Crippen molar-refractivity contribution in [2.24, 2.45) is 0 Å². The molecule has 1 aliphatic rings. The Hall–Kier alpha value is -0.820. The van der Waals surface area contributed by atoms with Crippen LogP contribution in [-0.2, 0) is 9.53 Å². The third kappa shape index (κ3) is 5.88. The molecule has 0 aromatic rings. The number of hydrogen-bond acceptors (Lipinski definition) is 3. The first-order valence-electron chi connectivity index (χ1n) is 5.49. The van der Waals surface area contributed by atoms with Crippen LogP contribution < -0.4 is 10.6 Å². The lowest BCUT2D eigenvalue weighted by Gasteiger charge is -2.33. The number of carbonyl (C=O) groups is 1. The number of ether oxygens (including phenoxy) is 1. The fraction of sp³-hybridized carbons (Fsp3) is 0.900. The third-order valence-electron chi connectivity index (χ3n) is 2.60. The molecule has 0 aliphatic carbocycles. The molecule has 1 saturated heterocycles. The minimum atomic E-state index is -4.38. The van der Waals surface area contributed by atoms with Crippen molar-refractivity contribution in [3.05, 3.63) is 0 Å². The van der Waals surface area contributed by atoms with E-state index in [1.165, 1.54) is 0 Å². The minimum absolute atomic E-state index is 0.339. The first-order chi connectivity index (χ1) is 7.81. The maximum Gasteiger partial charge on any atom is 0.405 e. The summed E-state index contributed by atoms with van der Waals surface area (Å²) in [5.74, 6) is -0.742. The van der Waals surface area contributed by atoms with Gasteiger partial charge in [0, 0.05) is 6.54 Å². The van der Waals surface area contributed by atoms with E-state index in [-0.39, 0.29) is 6.61 Å². The van der Waals surface area contributed by atoms with Crippen molar-refractivity contribution >= 4 is 5.91 Å². The summed E-state index contributed by atoms with van der Waals surface area (Å²) < 4.78 is 40.8. The number of piperidine rings is 1. The third-order valence-corrected chi connectivity index (χ3v) is 2.60. The maximum atomic E-state index is 11.8. The largest absolute Gasteiger partial charge is 0.405 e. The second kappa shape index (κ2) is 5.68. The average Bonchev–Trinajstić information content (AvgIpc) is 2.24. The van der Waals surface area contributed by atoms with Gasteiger partial charge in [0.1, 0.15) is 13.2 Å². The molecule has 0 bridgehead atoms. The number of carbonyl (C=O) groups excluding carboxylic acids is 1. The molecule has 100 valence electrons. The fourth-order valence-corrected chi connectivity index (χ4v) is 1.64. The molecule has 1 atom stereocenters. The van der Waals surface area contributed by atoms with E-state index in [1.807, 2.05) is 6.92 Å². The van der Waals surface area contributed by atoms with E-state index in [9.17, 15) is 18.0 Å². The van der Waals surface area contributed by atoms with Crippen molar-refractivity contribution in [3.63, 3.8) is 0 Å². The SMILES string of the molecule is CC1(OCC(=O)NCC(F)(F)F)CCCNC1. The van der Waals surface area contributed by atoms with Crippen molar-refractivity contribution in [3.8, 4) is 0 Å². The van der Waals surface area contributed by atoms with Gasteiger partial charge < -0.3 is 15.4 Å². The van der Waals surface area contributed by atoms with E-state index in [2.05, 4.69) is 5.32 Å². The van der Waals surface area contributed by atoms with Crippen LogP contribution in [0.4, 0.5) is 13.2 Å². The Morgan fingerprint density at radius 3 is 2.76 bits per heavy atom. The second-order valence-electron chi connectivity index (χ2n) is 4.41. The summed E-state index contributed by atoms with van der Waals surface area (Å²) in [4.78, 5) is 11.1. The Morgan fingerprint density at radius 2 is 2.24 bits per heavy atom. The van der Waals surface area contributed by atoms with Gasteiger partial charge in [-0.2, -0.15) is 13.2 Å². The lowest BCUT2D eigenvalue weighted by Crippen LogP contribution is -2.47.